The molecular weight excluding hydrogens is 226 g/mol. The van der Waals surface area contributed by atoms with Crippen LogP contribution in [0.15, 0.2) is 24.3 Å². The summed E-state index contributed by atoms with van der Waals surface area (Å²) in [5.74, 6) is 0. The van der Waals surface area contributed by atoms with Crippen LogP contribution in [0, 0.1) is 0 Å². The summed E-state index contributed by atoms with van der Waals surface area (Å²) in [7, 11) is -2.96. The van der Waals surface area contributed by atoms with E-state index in [2.05, 4.69) is 0 Å². The number of benzene rings is 1. The number of nitrogens with zero attached hydrogens (tertiary/aromatic N) is 1. The number of hydrogen-bond acceptors (Lipinski definition) is 3. The molecule has 1 aromatic carbocycles. The number of rotatable bonds is 1. The van der Waals surface area contributed by atoms with Gasteiger partial charge in [-0.1, -0.05) is 18.2 Å². The quantitative estimate of drug-likeness (QED) is 0.552. The van der Waals surface area contributed by atoms with Crippen LogP contribution in [0.1, 0.15) is 19.4 Å². The van der Waals surface area contributed by atoms with Crippen molar-refractivity contribution in [1.29, 1.82) is 0 Å². The molecule has 0 aromatic heterocycles. The highest BCUT2D eigenvalue weighted by atomic mass is 32.2. The van der Waals surface area contributed by atoms with E-state index in [1.165, 1.54) is 7.05 Å². The van der Waals surface area contributed by atoms with Gasteiger partial charge in [0.05, 0.1) is 7.05 Å². The maximum atomic E-state index is 11.6. The zero-order valence-electron chi connectivity index (χ0n) is 9.60. The minimum Gasteiger partial charge on any atom is -0.701 e. The van der Waals surface area contributed by atoms with Gasteiger partial charge in [-0.15, -0.1) is 0 Å². The van der Waals surface area contributed by atoms with Crippen molar-refractivity contribution >= 4 is 16.0 Å². The minimum atomic E-state index is -4.44. The van der Waals surface area contributed by atoms with Crippen LogP contribution < -0.4 is 3.89 Å². The molecule has 0 saturated heterocycles. The number of para-hydroxylation sites is 1. The van der Waals surface area contributed by atoms with E-state index >= 15 is 0 Å². The Kier molecular flexibility index (Phi) is 2.21. The summed E-state index contributed by atoms with van der Waals surface area (Å²) in [6, 6.07) is 7.23. The summed E-state index contributed by atoms with van der Waals surface area (Å²) in [6.07, 6.45) is 0.598. The first-order chi connectivity index (χ1) is 7.20. The molecule has 0 radical (unpaired) electrons. The molecular formula is C11H15NO3S. The lowest BCUT2D eigenvalue weighted by Gasteiger charge is -2.42. The molecule has 0 amide bonds. The molecule has 4 nitrogen and oxygen atoms in total. The van der Waals surface area contributed by atoms with Gasteiger partial charge in [-0.2, -0.15) is 12.3 Å². The zero-order chi connectivity index (χ0) is 12.2. The van der Waals surface area contributed by atoms with Crippen molar-refractivity contribution in [1.82, 2.24) is 3.89 Å². The maximum absolute atomic E-state index is 11.6. The Morgan fingerprint density at radius 3 is 2.44 bits per heavy atom. The normalized spacial score (nSPS) is 27.8. The molecule has 1 aromatic rings. The highest BCUT2D eigenvalue weighted by molar-refractivity contribution is 7.85. The lowest BCUT2D eigenvalue weighted by Crippen LogP contribution is -2.61. The summed E-state index contributed by atoms with van der Waals surface area (Å²) >= 11 is 0. The Labute approximate surface area is 96.0 Å². The van der Waals surface area contributed by atoms with Crippen molar-refractivity contribution in [3.05, 3.63) is 29.8 Å². The van der Waals surface area contributed by atoms with E-state index < -0.39 is 19.7 Å². The lowest BCUT2D eigenvalue weighted by atomic mass is 10.00. The van der Waals surface area contributed by atoms with Crippen LogP contribution in [0.2, 0.25) is 0 Å². The average Bonchev–Trinajstić information content (AvgIpc) is 2.35. The second-order valence-corrected chi connectivity index (χ2v) is 6.56. The molecule has 2 rings (SSSR count). The van der Waals surface area contributed by atoms with E-state index in [4.69, 9.17) is 0 Å². The highest BCUT2D eigenvalue weighted by Gasteiger charge is 2.54. The van der Waals surface area contributed by atoms with E-state index in [0.717, 1.165) is 5.56 Å². The fourth-order valence-corrected chi connectivity index (χ4v) is 3.53. The second-order valence-electron chi connectivity index (χ2n) is 4.97. The Bertz CT molecular complexity index is 536. The Hall–Kier alpha value is -0.910. The highest BCUT2D eigenvalue weighted by Crippen LogP contribution is 2.45. The summed E-state index contributed by atoms with van der Waals surface area (Å²) in [6.45, 7) is 3.62. The molecule has 0 N–H and O–H groups in total. The minimum absolute atomic E-state index is 0.559. The standard InChI is InChI=1S/C11H15NO3S/c1-11(2)8-9-6-4-5-7-10(9)12(11,3)16(13,14)15/h4-7H,8H2,1-3H3. The molecule has 1 aliphatic rings. The molecule has 0 saturated carbocycles. The van der Waals surface area contributed by atoms with Crippen LogP contribution in [0.3, 0.4) is 0 Å². The van der Waals surface area contributed by atoms with E-state index in [0.29, 0.717) is 12.1 Å². The van der Waals surface area contributed by atoms with Gasteiger partial charge in [0.2, 0.25) is 0 Å². The number of quaternary nitrogens is 1. The molecule has 5 heteroatoms. The topological polar surface area (TPSA) is 57.2 Å². The summed E-state index contributed by atoms with van der Waals surface area (Å²) in [5, 5.41) is 0. The monoisotopic (exact) mass is 241 g/mol. The van der Waals surface area contributed by atoms with Gasteiger partial charge in [0.1, 0.15) is 5.54 Å². The molecule has 1 aliphatic heterocycles. The van der Waals surface area contributed by atoms with Gasteiger partial charge in [0.25, 0.3) is 10.3 Å². The maximum Gasteiger partial charge on any atom is 0.259 e. The molecule has 88 valence electrons. The van der Waals surface area contributed by atoms with Crippen molar-refractivity contribution < 1.29 is 13.0 Å². The number of fused-ring (bicyclic) bond motifs is 1. The van der Waals surface area contributed by atoms with Gasteiger partial charge >= 0.3 is 0 Å². The van der Waals surface area contributed by atoms with Gasteiger partial charge in [-0.25, -0.2) is 0 Å². The first-order valence-corrected chi connectivity index (χ1v) is 6.48. The third-order valence-corrected chi connectivity index (χ3v) is 5.26. The molecule has 16 heavy (non-hydrogen) atoms. The van der Waals surface area contributed by atoms with Crippen molar-refractivity contribution in [2.45, 2.75) is 25.8 Å². The van der Waals surface area contributed by atoms with Crippen LogP contribution in [0.25, 0.3) is 0 Å². The van der Waals surface area contributed by atoms with E-state index in [9.17, 15) is 13.0 Å². The number of likely N-dealkylation sites (N-methyl/N-ethyl adjacent to an activating group) is 1. The lowest BCUT2D eigenvalue weighted by molar-refractivity contribution is 0.258. The predicted molar refractivity (Wildman–Crippen MR) is 61.6 cm³/mol. The van der Waals surface area contributed by atoms with Crippen molar-refractivity contribution in [2.24, 2.45) is 0 Å². The molecule has 1 unspecified atom stereocenters. The van der Waals surface area contributed by atoms with Crippen LogP contribution in [0.5, 0.6) is 0 Å². The smallest absolute Gasteiger partial charge is 0.259 e. The van der Waals surface area contributed by atoms with Gasteiger partial charge in [0.15, 0.2) is 5.69 Å². The van der Waals surface area contributed by atoms with Crippen LogP contribution in [-0.2, 0) is 16.7 Å². The molecule has 0 fully saturated rings. The van der Waals surface area contributed by atoms with Crippen LogP contribution in [0.4, 0.5) is 5.69 Å². The first kappa shape index (κ1) is 11.6. The first-order valence-electron chi connectivity index (χ1n) is 5.11. The molecule has 0 spiro atoms. The number of hydrogen-bond donors (Lipinski definition) is 0. The third kappa shape index (κ3) is 1.25. The van der Waals surface area contributed by atoms with E-state index in [1.807, 2.05) is 26.0 Å². The van der Waals surface area contributed by atoms with E-state index in [-0.39, 0.29) is 0 Å². The Morgan fingerprint density at radius 2 is 1.88 bits per heavy atom. The SMILES string of the molecule is CC1(C)Cc2ccccc2[N+]1(C)S(=O)(=O)[O-]. The van der Waals surface area contributed by atoms with Crippen molar-refractivity contribution in [3.63, 3.8) is 0 Å². The van der Waals surface area contributed by atoms with Crippen LogP contribution in [-0.4, -0.2) is 25.6 Å². The average molecular weight is 241 g/mol. The summed E-state index contributed by atoms with van der Waals surface area (Å²) < 4.78 is 34.1. The second kappa shape index (κ2) is 3.06. The largest absolute Gasteiger partial charge is 0.701 e. The van der Waals surface area contributed by atoms with Gasteiger partial charge in [-0.3, -0.25) is 0 Å². The van der Waals surface area contributed by atoms with Crippen LogP contribution >= 0.6 is 0 Å². The molecule has 0 aliphatic carbocycles. The predicted octanol–water partition coefficient (Wildman–Crippen LogP) is 1.42. The Morgan fingerprint density at radius 1 is 1.31 bits per heavy atom. The summed E-state index contributed by atoms with van der Waals surface area (Å²) in [5.41, 5.74) is 0.918. The molecule has 1 atom stereocenters. The molecule has 0 bridgehead atoms. The van der Waals surface area contributed by atoms with Gasteiger partial charge < -0.3 is 4.55 Å². The Balaban J connectivity index is 2.78. The van der Waals surface area contributed by atoms with Gasteiger partial charge in [-0.05, 0) is 13.8 Å². The van der Waals surface area contributed by atoms with E-state index in [1.54, 1.807) is 12.1 Å². The van der Waals surface area contributed by atoms with Crippen molar-refractivity contribution in [3.8, 4) is 0 Å². The fourth-order valence-electron chi connectivity index (χ4n) is 2.44. The third-order valence-electron chi connectivity index (χ3n) is 3.68. The summed E-state index contributed by atoms with van der Waals surface area (Å²) in [4.78, 5) is 0. The molecule has 1 heterocycles. The van der Waals surface area contributed by atoms with Crippen molar-refractivity contribution in [2.75, 3.05) is 7.05 Å². The fraction of sp³-hybridized carbons (Fsp3) is 0.455. The van der Waals surface area contributed by atoms with Gasteiger partial charge in [0, 0.05) is 18.1 Å². The zero-order valence-corrected chi connectivity index (χ0v) is 10.4.